The largest absolute Gasteiger partial charge is 0.385 e. The van der Waals surface area contributed by atoms with Crippen molar-refractivity contribution >= 4 is 6.03 Å². The van der Waals surface area contributed by atoms with Gasteiger partial charge in [-0.25, -0.2) is 4.79 Å². The predicted molar refractivity (Wildman–Crippen MR) is 67.9 cm³/mol. The molecule has 1 aliphatic rings. The molecule has 0 aromatic heterocycles. The number of amides is 2. The minimum atomic E-state index is -0.0940. The number of ether oxygens (including phenoxy) is 1. The van der Waals surface area contributed by atoms with Crippen molar-refractivity contribution in [3.05, 3.63) is 0 Å². The van der Waals surface area contributed by atoms with Gasteiger partial charge in [-0.2, -0.15) is 0 Å². The summed E-state index contributed by atoms with van der Waals surface area (Å²) >= 11 is 0. The first-order valence-corrected chi connectivity index (χ1v) is 6.52. The minimum absolute atomic E-state index is 0.00135. The fourth-order valence-corrected chi connectivity index (χ4v) is 2.17. The molecule has 5 heteroatoms. The van der Waals surface area contributed by atoms with E-state index >= 15 is 0 Å². The van der Waals surface area contributed by atoms with Gasteiger partial charge in [0.25, 0.3) is 0 Å². The van der Waals surface area contributed by atoms with Gasteiger partial charge in [-0.15, -0.1) is 0 Å². The molecule has 4 N–H and O–H groups in total. The average molecular weight is 243 g/mol. The fraction of sp³-hybridized carbons (Fsp3) is 0.917. The van der Waals surface area contributed by atoms with Gasteiger partial charge in [-0.1, -0.05) is 19.3 Å². The molecule has 2 amide bonds. The summed E-state index contributed by atoms with van der Waals surface area (Å²) < 4.78 is 4.98. The zero-order chi connectivity index (χ0) is 12.5. The Morgan fingerprint density at radius 2 is 2.12 bits per heavy atom. The summed E-state index contributed by atoms with van der Waals surface area (Å²) in [5.74, 6) is 0. The molecule has 5 nitrogen and oxygen atoms in total. The highest BCUT2D eigenvalue weighted by atomic mass is 16.5. The van der Waals surface area contributed by atoms with Crippen LogP contribution in [-0.4, -0.2) is 38.4 Å². The molecule has 0 spiro atoms. The third-order valence-corrected chi connectivity index (χ3v) is 3.23. The summed E-state index contributed by atoms with van der Waals surface area (Å²) in [6.07, 6.45) is 6.67. The first kappa shape index (κ1) is 14.3. The highest BCUT2D eigenvalue weighted by Crippen LogP contribution is 2.17. The molecule has 0 radical (unpaired) electrons. The van der Waals surface area contributed by atoms with Gasteiger partial charge in [0.05, 0.1) is 0 Å². The van der Waals surface area contributed by atoms with Crippen LogP contribution in [0.2, 0.25) is 0 Å². The molecule has 1 unspecified atom stereocenters. The van der Waals surface area contributed by atoms with Gasteiger partial charge in [-0.05, 0) is 19.3 Å². The van der Waals surface area contributed by atoms with Crippen LogP contribution < -0.4 is 16.4 Å². The van der Waals surface area contributed by atoms with Gasteiger partial charge in [0.15, 0.2) is 0 Å². The van der Waals surface area contributed by atoms with Crippen molar-refractivity contribution < 1.29 is 9.53 Å². The summed E-state index contributed by atoms with van der Waals surface area (Å²) in [7, 11) is 1.65. The van der Waals surface area contributed by atoms with Crippen molar-refractivity contribution in [3.8, 4) is 0 Å². The maximum absolute atomic E-state index is 11.7. The SMILES string of the molecule is COCCC(CN)NC(=O)NC1CCCCC1. The van der Waals surface area contributed by atoms with Crippen molar-refractivity contribution in [1.82, 2.24) is 10.6 Å². The normalized spacial score (nSPS) is 18.7. The summed E-state index contributed by atoms with van der Waals surface area (Å²) in [6, 6.07) is 0.242. The molecule has 0 aromatic rings. The average Bonchev–Trinajstić information content (AvgIpc) is 2.35. The number of urea groups is 1. The zero-order valence-corrected chi connectivity index (χ0v) is 10.7. The van der Waals surface area contributed by atoms with Crippen molar-refractivity contribution in [2.75, 3.05) is 20.3 Å². The second-order valence-electron chi connectivity index (χ2n) is 4.67. The predicted octanol–water partition coefficient (Wildman–Crippen LogP) is 0.982. The topological polar surface area (TPSA) is 76.4 Å². The van der Waals surface area contributed by atoms with E-state index in [1.54, 1.807) is 7.11 Å². The lowest BCUT2D eigenvalue weighted by atomic mass is 9.96. The van der Waals surface area contributed by atoms with Gasteiger partial charge in [-0.3, -0.25) is 0 Å². The molecule has 1 aliphatic carbocycles. The van der Waals surface area contributed by atoms with E-state index in [4.69, 9.17) is 10.5 Å². The number of methoxy groups -OCH3 is 1. The summed E-state index contributed by atoms with van der Waals surface area (Å²) in [6.45, 7) is 1.06. The molecule has 0 saturated heterocycles. The van der Waals surface area contributed by atoms with Gasteiger partial charge in [0.2, 0.25) is 0 Å². The maximum atomic E-state index is 11.7. The van der Waals surface area contributed by atoms with E-state index in [1.165, 1.54) is 19.3 Å². The van der Waals surface area contributed by atoms with Crippen LogP contribution in [0.5, 0.6) is 0 Å². The molecule has 1 atom stereocenters. The molecule has 1 rings (SSSR count). The lowest BCUT2D eigenvalue weighted by Crippen LogP contribution is -2.49. The smallest absolute Gasteiger partial charge is 0.315 e. The Morgan fingerprint density at radius 3 is 2.71 bits per heavy atom. The molecule has 0 heterocycles. The van der Waals surface area contributed by atoms with Gasteiger partial charge < -0.3 is 21.1 Å². The van der Waals surface area contributed by atoms with E-state index in [9.17, 15) is 4.79 Å². The molecule has 0 aliphatic heterocycles. The Hall–Kier alpha value is -0.810. The molecule has 1 fully saturated rings. The molecule has 100 valence electrons. The first-order chi connectivity index (χ1) is 8.26. The quantitative estimate of drug-likeness (QED) is 0.651. The highest BCUT2D eigenvalue weighted by Gasteiger charge is 2.17. The summed E-state index contributed by atoms with van der Waals surface area (Å²) in [4.78, 5) is 11.7. The molecule has 0 bridgehead atoms. The third kappa shape index (κ3) is 5.89. The highest BCUT2D eigenvalue weighted by molar-refractivity contribution is 5.74. The monoisotopic (exact) mass is 243 g/mol. The zero-order valence-electron chi connectivity index (χ0n) is 10.7. The van der Waals surface area contributed by atoms with Gasteiger partial charge in [0, 0.05) is 32.3 Å². The van der Waals surface area contributed by atoms with Gasteiger partial charge >= 0.3 is 6.03 Å². The number of nitrogens with two attached hydrogens (primary N) is 1. The molecule has 17 heavy (non-hydrogen) atoms. The molecule has 1 saturated carbocycles. The molecular formula is C12H25N3O2. The fourth-order valence-electron chi connectivity index (χ4n) is 2.17. The van der Waals surface area contributed by atoms with Crippen LogP contribution in [0.3, 0.4) is 0 Å². The van der Waals surface area contributed by atoms with E-state index in [1.807, 2.05) is 0 Å². The Bertz CT molecular complexity index is 218. The lowest BCUT2D eigenvalue weighted by molar-refractivity contribution is 0.181. The van der Waals surface area contributed by atoms with Crippen LogP contribution >= 0.6 is 0 Å². The number of hydrogen-bond acceptors (Lipinski definition) is 3. The number of carbonyl (C=O) groups excluding carboxylic acids is 1. The molecule has 0 aromatic carbocycles. The van der Waals surface area contributed by atoms with E-state index in [0.717, 1.165) is 19.3 Å². The summed E-state index contributed by atoms with van der Waals surface area (Å²) in [5, 5.41) is 5.91. The van der Waals surface area contributed by atoms with Crippen LogP contribution in [0.25, 0.3) is 0 Å². The van der Waals surface area contributed by atoms with Gasteiger partial charge in [0.1, 0.15) is 0 Å². The van der Waals surface area contributed by atoms with Crippen molar-refractivity contribution in [2.24, 2.45) is 5.73 Å². The maximum Gasteiger partial charge on any atom is 0.315 e. The van der Waals surface area contributed by atoms with Crippen LogP contribution in [0.4, 0.5) is 4.79 Å². The van der Waals surface area contributed by atoms with E-state index < -0.39 is 0 Å². The third-order valence-electron chi connectivity index (χ3n) is 3.23. The summed E-state index contributed by atoms with van der Waals surface area (Å²) in [5.41, 5.74) is 5.60. The van der Waals surface area contributed by atoms with Crippen LogP contribution in [0.1, 0.15) is 38.5 Å². The molecular weight excluding hydrogens is 218 g/mol. The second-order valence-corrected chi connectivity index (χ2v) is 4.67. The van der Waals surface area contributed by atoms with E-state index in [0.29, 0.717) is 19.2 Å². The van der Waals surface area contributed by atoms with Crippen LogP contribution in [0.15, 0.2) is 0 Å². The Balaban J connectivity index is 2.21. The number of hydrogen-bond donors (Lipinski definition) is 3. The van der Waals surface area contributed by atoms with E-state index in [2.05, 4.69) is 10.6 Å². The Kier molecular flexibility index (Phi) is 6.96. The van der Waals surface area contributed by atoms with Crippen molar-refractivity contribution in [1.29, 1.82) is 0 Å². The standard InChI is InChI=1S/C12H25N3O2/c1-17-8-7-11(9-13)15-12(16)14-10-5-3-2-4-6-10/h10-11H,2-9,13H2,1H3,(H2,14,15,16). The second kappa shape index (κ2) is 8.31. The number of rotatable bonds is 6. The van der Waals surface area contributed by atoms with Crippen molar-refractivity contribution in [3.63, 3.8) is 0 Å². The first-order valence-electron chi connectivity index (χ1n) is 6.52. The van der Waals surface area contributed by atoms with E-state index in [-0.39, 0.29) is 12.1 Å². The number of carbonyl (C=O) groups is 1. The number of nitrogens with one attached hydrogen (secondary N) is 2. The Labute approximate surface area is 103 Å². The minimum Gasteiger partial charge on any atom is -0.385 e. The van der Waals surface area contributed by atoms with Crippen LogP contribution in [-0.2, 0) is 4.74 Å². The lowest BCUT2D eigenvalue weighted by Gasteiger charge is -2.24. The van der Waals surface area contributed by atoms with Crippen LogP contribution in [0, 0.1) is 0 Å². The van der Waals surface area contributed by atoms with Crippen molar-refractivity contribution in [2.45, 2.75) is 50.6 Å². The Morgan fingerprint density at radius 1 is 1.41 bits per heavy atom.